The summed E-state index contributed by atoms with van der Waals surface area (Å²) in [5.74, 6) is 1.10. The molecule has 0 saturated carbocycles. The summed E-state index contributed by atoms with van der Waals surface area (Å²) < 4.78 is 12.5. The van der Waals surface area contributed by atoms with Crippen molar-refractivity contribution in [2.24, 2.45) is 10.7 Å². The summed E-state index contributed by atoms with van der Waals surface area (Å²) in [6.07, 6.45) is 0.298. The predicted octanol–water partition coefficient (Wildman–Crippen LogP) is 4.71. The molecule has 0 aliphatic carbocycles. The Morgan fingerprint density at radius 3 is 2.76 bits per heavy atom. The summed E-state index contributed by atoms with van der Waals surface area (Å²) in [5, 5.41) is 1.52. The largest absolute Gasteiger partial charge is 0.489 e. The van der Waals surface area contributed by atoms with Crippen molar-refractivity contribution in [2.75, 3.05) is 13.7 Å². The third kappa shape index (κ3) is 3.31. The fraction of sp³-hybridized carbons (Fsp3) is 0.259. The SMILES string of the molecule is [C-]#[N+]c1cccc(-c2ccc3c(c2)C2(CC(C4COCc5ccccc54)O3)N=C(N)N(C)O2)c1. The summed E-state index contributed by atoms with van der Waals surface area (Å²) in [6, 6.07) is 21.9. The van der Waals surface area contributed by atoms with Gasteiger partial charge in [0.25, 0.3) is 0 Å². The number of hydrogen-bond donors (Lipinski definition) is 1. The quantitative estimate of drug-likeness (QED) is 0.570. The highest BCUT2D eigenvalue weighted by Crippen LogP contribution is 2.50. The smallest absolute Gasteiger partial charge is 0.221 e. The van der Waals surface area contributed by atoms with Gasteiger partial charge in [-0.2, -0.15) is 0 Å². The zero-order valence-electron chi connectivity index (χ0n) is 18.8. The van der Waals surface area contributed by atoms with Gasteiger partial charge < -0.3 is 15.2 Å². The lowest BCUT2D eigenvalue weighted by atomic mass is 9.81. The lowest BCUT2D eigenvalue weighted by Crippen LogP contribution is -2.43. The number of benzene rings is 3. The predicted molar refractivity (Wildman–Crippen MR) is 128 cm³/mol. The van der Waals surface area contributed by atoms with Crippen LogP contribution in [0.15, 0.2) is 71.7 Å². The second-order valence-electron chi connectivity index (χ2n) is 8.90. The van der Waals surface area contributed by atoms with E-state index in [1.54, 1.807) is 13.1 Å². The zero-order valence-corrected chi connectivity index (χ0v) is 18.8. The van der Waals surface area contributed by atoms with Crippen molar-refractivity contribution in [3.8, 4) is 16.9 Å². The van der Waals surface area contributed by atoms with E-state index < -0.39 is 5.72 Å². The maximum absolute atomic E-state index is 7.34. The molecular formula is C27H24N4O3. The van der Waals surface area contributed by atoms with E-state index in [1.807, 2.05) is 42.5 Å². The lowest BCUT2D eigenvalue weighted by Gasteiger charge is -2.41. The van der Waals surface area contributed by atoms with Gasteiger partial charge in [0.1, 0.15) is 11.9 Å². The lowest BCUT2D eigenvalue weighted by molar-refractivity contribution is -0.193. The number of fused-ring (bicyclic) bond motifs is 3. The van der Waals surface area contributed by atoms with E-state index in [1.165, 1.54) is 16.2 Å². The molecule has 3 aromatic rings. The molecule has 1 spiro atoms. The van der Waals surface area contributed by atoms with E-state index in [-0.39, 0.29) is 12.0 Å². The van der Waals surface area contributed by atoms with Crippen LogP contribution in [0.3, 0.4) is 0 Å². The molecule has 0 fully saturated rings. The fourth-order valence-corrected chi connectivity index (χ4v) is 5.15. The molecule has 2 N–H and O–H groups in total. The van der Waals surface area contributed by atoms with Crippen LogP contribution in [0.4, 0.5) is 5.69 Å². The molecule has 0 radical (unpaired) electrons. The summed E-state index contributed by atoms with van der Waals surface area (Å²) in [7, 11) is 1.76. The van der Waals surface area contributed by atoms with Crippen LogP contribution in [0.2, 0.25) is 0 Å². The topological polar surface area (TPSA) is 73.7 Å². The molecule has 3 aliphatic rings. The molecule has 0 aromatic heterocycles. The average Bonchev–Trinajstić information content (AvgIpc) is 3.16. The molecule has 6 rings (SSSR count). The minimum absolute atomic E-state index is 0.0518. The molecule has 3 aliphatic heterocycles. The number of ether oxygens (including phenoxy) is 2. The monoisotopic (exact) mass is 452 g/mol. The van der Waals surface area contributed by atoms with Crippen molar-refractivity contribution in [3.63, 3.8) is 0 Å². The van der Waals surface area contributed by atoms with Gasteiger partial charge in [0.05, 0.1) is 25.3 Å². The van der Waals surface area contributed by atoms with Gasteiger partial charge in [0, 0.05) is 19.4 Å². The first-order valence-electron chi connectivity index (χ1n) is 11.3. The highest BCUT2D eigenvalue weighted by atomic mass is 16.7. The van der Waals surface area contributed by atoms with Crippen LogP contribution in [0.1, 0.15) is 29.0 Å². The van der Waals surface area contributed by atoms with Gasteiger partial charge in [-0.05, 0) is 40.5 Å². The summed E-state index contributed by atoms with van der Waals surface area (Å²) >= 11 is 0. The molecule has 34 heavy (non-hydrogen) atoms. The molecule has 7 nitrogen and oxygen atoms in total. The molecule has 3 aromatic carbocycles. The number of nitrogens with zero attached hydrogens (tertiary/aromatic N) is 3. The van der Waals surface area contributed by atoms with Crippen LogP contribution in [-0.2, 0) is 21.9 Å². The van der Waals surface area contributed by atoms with Crippen molar-refractivity contribution in [1.29, 1.82) is 0 Å². The standard InChI is InChI=1S/C27H24N4O3/c1-29-20-8-5-7-17(12-20)18-10-11-24-23(13-18)27(30-26(28)31(2)34-27)14-25(33-24)22-16-32-15-19-6-3-4-9-21(19)22/h3-13,22,25H,14-16H2,2H3,(H2,28,30). The summed E-state index contributed by atoms with van der Waals surface area (Å²) in [5.41, 5.74) is 11.0. The number of aliphatic imine (C=N–C) groups is 1. The molecule has 0 bridgehead atoms. The van der Waals surface area contributed by atoms with Crippen molar-refractivity contribution >= 4 is 11.6 Å². The van der Waals surface area contributed by atoms with Gasteiger partial charge >= 0.3 is 0 Å². The molecule has 170 valence electrons. The molecule has 3 atom stereocenters. The van der Waals surface area contributed by atoms with E-state index in [0.717, 1.165) is 22.4 Å². The van der Waals surface area contributed by atoms with Crippen LogP contribution < -0.4 is 10.5 Å². The van der Waals surface area contributed by atoms with Crippen LogP contribution in [-0.4, -0.2) is 30.8 Å². The maximum atomic E-state index is 7.34. The van der Waals surface area contributed by atoms with E-state index in [9.17, 15) is 0 Å². The molecule has 7 heteroatoms. The highest BCUT2D eigenvalue weighted by molar-refractivity contribution is 5.79. The maximum Gasteiger partial charge on any atom is 0.221 e. The first-order valence-corrected chi connectivity index (χ1v) is 11.3. The summed E-state index contributed by atoms with van der Waals surface area (Å²) in [6.45, 7) is 8.52. The Hall–Kier alpha value is -3.86. The third-order valence-electron chi connectivity index (χ3n) is 6.83. The van der Waals surface area contributed by atoms with E-state index >= 15 is 0 Å². The van der Waals surface area contributed by atoms with Crippen LogP contribution in [0.5, 0.6) is 5.75 Å². The van der Waals surface area contributed by atoms with Gasteiger partial charge in [0.2, 0.25) is 11.7 Å². The van der Waals surface area contributed by atoms with Crippen molar-refractivity contribution in [2.45, 2.75) is 30.8 Å². The zero-order chi connectivity index (χ0) is 23.3. The second kappa shape index (κ2) is 7.87. The third-order valence-corrected chi connectivity index (χ3v) is 6.83. The van der Waals surface area contributed by atoms with Crippen molar-refractivity contribution < 1.29 is 14.3 Å². The number of hydroxylamine groups is 2. The van der Waals surface area contributed by atoms with E-state index in [4.69, 9.17) is 31.6 Å². The molecular weight excluding hydrogens is 428 g/mol. The Morgan fingerprint density at radius 1 is 1.09 bits per heavy atom. The summed E-state index contributed by atoms with van der Waals surface area (Å²) in [4.78, 5) is 14.7. The number of rotatable bonds is 2. The highest BCUT2D eigenvalue weighted by Gasteiger charge is 2.51. The van der Waals surface area contributed by atoms with E-state index in [0.29, 0.717) is 31.3 Å². The Kier molecular flexibility index (Phi) is 4.80. The van der Waals surface area contributed by atoms with Crippen LogP contribution in [0, 0.1) is 6.57 Å². The molecule has 0 amide bonds. The van der Waals surface area contributed by atoms with Gasteiger partial charge in [-0.15, -0.1) is 0 Å². The van der Waals surface area contributed by atoms with E-state index in [2.05, 4.69) is 23.0 Å². The Bertz CT molecular complexity index is 1350. The molecule has 3 unspecified atom stereocenters. The number of nitrogens with two attached hydrogens (primary N) is 1. The van der Waals surface area contributed by atoms with Gasteiger partial charge in [-0.25, -0.2) is 19.7 Å². The first kappa shape index (κ1) is 20.7. The normalized spacial score (nSPS) is 25.2. The van der Waals surface area contributed by atoms with Gasteiger partial charge in [0.15, 0.2) is 5.69 Å². The average molecular weight is 453 g/mol. The Labute approximate surface area is 198 Å². The van der Waals surface area contributed by atoms with Crippen LogP contribution >= 0.6 is 0 Å². The number of hydrogen-bond acceptors (Lipinski definition) is 6. The van der Waals surface area contributed by atoms with Crippen molar-refractivity contribution in [1.82, 2.24) is 5.06 Å². The number of guanidine groups is 1. The Balaban J connectivity index is 1.44. The fourth-order valence-electron chi connectivity index (χ4n) is 5.15. The van der Waals surface area contributed by atoms with Gasteiger partial charge in [-0.3, -0.25) is 0 Å². The molecule has 3 heterocycles. The van der Waals surface area contributed by atoms with Gasteiger partial charge in [-0.1, -0.05) is 48.5 Å². The first-order chi connectivity index (χ1) is 16.6. The minimum Gasteiger partial charge on any atom is -0.489 e. The minimum atomic E-state index is -0.989. The molecule has 0 saturated heterocycles. The Morgan fingerprint density at radius 2 is 1.94 bits per heavy atom. The van der Waals surface area contributed by atoms with Crippen molar-refractivity contribution in [3.05, 3.63) is 94.8 Å². The van der Waals surface area contributed by atoms with Crippen LogP contribution in [0.25, 0.3) is 16.0 Å². The second-order valence-corrected chi connectivity index (χ2v) is 8.90.